The normalized spacial score (nSPS) is 12.0. The lowest BCUT2D eigenvalue weighted by molar-refractivity contribution is 1.14. The minimum atomic E-state index is 0.817. The number of allylic oxidation sites excluding steroid dienone is 1. The first-order valence-corrected chi connectivity index (χ1v) is 4.73. The molecule has 0 amide bonds. The Balaban J connectivity index is 2.70. The zero-order chi connectivity index (χ0) is 10.2. The van der Waals surface area contributed by atoms with Crippen LogP contribution in [0.4, 0.5) is 5.82 Å². The van der Waals surface area contributed by atoms with Crippen molar-refractivity contribution in [2.45, 2.75) is 20.3 Å². The van der Waals surface area contributed by atoms with E-state index in [1.54, 1.807) is 12.4 Å². The second kappa shape index (κ2) is 5.91. The van der Waals surface area contributed by atoms with E-state index in [1.165, 1.54) is 0 Å². The number of aliphatic imine (C=N–C) groups is 1. The van der Waals surface area contributed by atoms with Crippen molar-refractivity contribution in [3.05, 3.63) is 36.3 Å². The minimum absolute atomic E-state index is 0.817. The van der Waals surface area contributed by atoms with Crippen molar-refractivity contribution < 1.29 is 0 Å². The second-order valence-electron chi connectivity index (χ2n) is 2.72. The van der Waals surface area contributed by atoms with Gasteiger partial charge in [-0.15, -0.1) is 0 Å². The molecule has 0 unspecified atom stereocenters. The van der Waals surface area contributed by atoms with Crippen LogP contribution in [0.3, 0.4) is 0 Å². The van der Waals surface area contributed by atoms with Gasteiger partial charge in [0.2, 0.25) is 0 Å². The average Bonchev–Trinajstić information content (AvgIpc) is 2.20. The Morgan fingerprint density at radius 3 is 3.00 bits per heavy atom. The van der Waals surface area contributed by atoms with Crippen LogP contribution in [-0.4, -0.2) is 11.2 Å². The summed E-state index contributed by atoms with van der Waals surface area (Å²) in [7, 11) is 0. The predicted octanol–water partition coefficient (Wildman–Crippen LogP) is 2.84. The summed E-state index contributed by atoms with van der Waals surface area (Å²) < 4.78 is 0. The molecule has 0 saturated heterocycles. The number of pyridine rings is 1. The van der Waals surface area contributed by atoms with Gasteiger partial charge in [0, 0.05) is 12.4 Å². The molecule has 0 aromatic carbocycles. The molecule has 0 bridgehead atoms. The Hall–Kier alpha value is -1.64. The number of nitrogens with one attached hydrogen (secondary N) is 1. The van der Waals surface area contributed by atoms with E-state index in [1.807, 2.05) is 31.2 Å². The number of anilines is 1. The van der Waals surface area contributed by atoms with Gasteiger partial charge in [0.15, 0.2) is 0 Å². The third-order valence-corrected chi connectivity index (χ3v) is 1.59. The maximum atomic E-state index is 4.19. The summed E-state index contributed by atoms with van der Waals surface area (Å²) in [5.41, 5.74) is 0. The van der Waals surface area contributed by atoms with E-state index in [0.29, 0.717) is 0 Å². The molecule has 0 aliphatic carbocycles. The molecular formula is C11H15N3. The first kappa shape index (κ1) is 10.4. The van der Waals surface area contributed by atoms with E-state index in [-0.39, 0.29) is 0 Å². The van der Waals surface area contributed by atoms with Gasteiger partial charge < -0.3 is 5.32 Å². The molecule has 3 nitrogen and oxygen atoms in total. The van der Waals surface area contributed by atoms with E-state index in [0.717, 1.165) is 18.1 Å². The molecule has 3 heteroatoms. The molecule has 0 fully saturated rings. The fourth-order valence-electron chi connectivity index (χ4n) is 1.04. The van der Waals surface area contributed by atoms with Crippen molar-refractivity contribution in [3.63, 3.8) is 0 Å². The van der Waals surface area contributed by atoms with Crippen molar-refractivity contribution in [2.75, 3.05) is 5.32 Å². The zero-order valence-electron chi connectivity index (χ0n) is 8.57. The molecule has 0 atom stereocenters. The van der Waals surface area contributed by atoms with E-state index < -0.39 is 0 Å². The fraction of sp³-hybridized carbons (Fsp3) is 0.273. The minimum Gasteiger partial charge on any atom is -0.325 e. The third-order valence-electron chi connectivity index (χ3n) is 1.59. The standard InChI is InChI=1S/C11H15N3/c1-3-7-10(12-4-2)14-11-8-5-6-9-13-11/h4-9H,3H2,1-2H3,(H,13,14)/b10-7+,12-4-. The first-order chi connectivity index (χ1) is 6.86. The summed E-state index contributed by atoms with van der Waals surface area (Å²) in [6.07, 6.45) is 6.49. The lowest BCUT2D eigenvalue weighted by Gasteiger charge is -2.04. The lowest BCUT2D eigenvalue weighted by atomic mass is 10.4. The highest BCUT2D eigenvalue weighted by Crippen LogP contribution is 2.06. The molecule has 74 valence electrons. The van der Waals surface area contributed by atoms with Crippen molar-refractivity contribution in [1.29, 1.82) is 0 Å². The van der Waals surface area contributed by atoms with Gasteiger partial charge in [0.05, 0.1) is 0 Å². The number of hydrogen-bond donors (Lipinski definition) is 1. The summed E-state index contributed by atoms with van der Waals surface area (Å²) in [6, 6.07) is 5.74. The van der Waals surface area contributed by atoms with Crippen LogP contribution >= 0.6 is 0 Å². The monoisotopic (exact) mass is 189 g/mol. The molecule has 1 N–H and O–H groups in total. The molecule has 14 heavy (non-hydrogen) atoms. The van der Waals surface area contributed by atoms with Crippen molar-refractivity contribution in [2.24, 2.45) is 4.99 Å². The van der Waals surface area contributed by atoms with E-state index in [4.69, 9.17) is 0 Å². The smallest absolute Gasteiger partial charge is 0.131 e. The highest BCUT2D eigenvalue weighted by Gasteiger charge is 1.93. The number of rotatable bonds is 4. The molecule has 1 rings (SSSR count). The van der Waals surface area contributed by atoms with Gasteiger partial charge in [-0.1, -0.05) is 13.0 Å². The summed E-state index contributed by atoms with van der Waals surface area (Å²) >= 11 is 0. The third kappa shape index (κ3) is 3.39. The SMILES string of the molecule is C/C=N\C(=C/CC)Nc1ccccn1. The number of nitrogens with zero attached hydrogens (tertiary/aromatic N) is 2. The summed E-state index contributed by atoms with van der Waals surface area (Å²) in [6.45, 7) is 3.97. The van der Waals surface area contributed by atoms with Gasteiger partial charge in [-0.3, -0.25) is 0 Å². The first-order valence-electron chi connectivity index (χ1n) is 4.73. The number of hydrogen-bond acceptors (Lipinski definition) is 3. The van der Waals surface area contributed by atoms with Crippen LogP contribution in [0, 0.1) is 0 Å². The molecule has 1 aromatic heterocycles. The van der Waals surface area contributed by atoms with Crippen LogP contribution in [0.2, 0.25) is 0 Å². The van der Waals surface area contributed by atoms with Gasteiger partial charge in [0.1, 0.15) is 11.6 Å². The zero-order valence-corrected chi connectivity index (χ0v) is 8.57. The van der Waals surface area contributed by atoms with Gasteiger partial charge in [-0.25, -0.2) is 9.98 Å². The quantitative estimate of drug-likeness (QED) is 0.739. The lowest BCUT2D eigenvalue weighted by Crippen LogP contribution is -1.98. The topological polar surface area (TPSA) is 37.3 Å². The van der Waals surface area contributed by atoms with Crippen LogP contribution in [-0.2, 0) is 0 Å². The molecule has 0 saturated carbocycles. The Morgan fingerprint density at radius 1 is 1.57 bits per heavy atom. The van der Waals surface area contributed by atoms with E-state index in [9.17, 15) is 0 Å². The Labute approximate surface area is 84.6 Å². The van der Waals surface area contributed by atoms with E-state index in [2.05, 4.69) is 22.2 Å². The Kier molecular flexibility index (Phi) is 4.41. The summed E-state index contributed by atoms with van der Waals surface area (Å²) in [5.74, 6) is 1.66. The van der Waals surface area contributed by atoms with Crippen molar-refractivity contribution in [3.8, 4) is 0 Å². The van der Waals surface area contributed by atoms with Crippen LogP contribution in [0.1, 0.15) is 20.3 Å². The van der Waals surface area contributed by atoms with Crippen LogP contribution in [0.15, 0.2) is 41.3 Å². The molecule has 1 aromatic rings. The summed E-state index contributed by atoms with van der Waals surface area (Å²) in [5, 5.41) is 3.13. The molecule has 0 aliphatic heterocycles. The molecule has 0 spiro atoms. The Morgan fingerprint density at radius 2 is 2.43 bits per heavy atom. The summed E-state index contributed by atoms with van der Waals surface area (Å²) in [4.78, 5) is 8.35. The average molecular weight is 189 g/mol. The molecular weight excluding hydrogens is 174 g/mol. The van der Waals surface area contributed by atoms with Gasteiger partial charge in [0.25, 0.3) is 0 Å². The van der Waals surface area contributed by atoms with Crippen LogP contribution < -0.4 is 5.32 Å². The predicted molar refractivity (Wildman–Crippen MR) is 60.4 cm³/mol. The highest BCUT2D eigenvalue weighted by atomic mass is 15.1. The second-order valence-corrected chi connectivity index (χ2v) is 2.72. The largest absolute Gasteiger partial charge is 0.325 e. The van der Waals surface area contributed by atoms with Crippen LogP contribution in [0.5, 0.6) is 0 Å². The van der Waals surface area contributed by atoms with Crippen molar-refractivity contribution in [1.82, 2.24) is 4.98 Å². The Bertz CT molecular complexity index is 315. The fourth-order valence-corrected chi connectivity index (χ4v) is 1.04. The van der Waals surface area contributed by atoms with Gasteiger partial charge in [-0.05, 0) is 31.6 Å². The molecule has 0 radical (unpaired) electrons. The number of aromatic nitrogens is 1. The molecule has 0 aliphatic rings. The maximum Gasteiger partial charge on any atom is 0.131 e. The van der Waals surface area contributed by atoms with Gasteiger partial charge in [-0.2, -0.15) is 0 Å². The van der Waals surface area contributed by atoms with Gasteiger partial charge >= 0.3 is 0 Å². The van der Waals surface area contributed by atoms with E-state index >= 15 is 0 Å². The highest BCUT2D eigenvalue weighted by molar-refractivity contribution is 5.57. The van der Waals surface area contributed by atoms with Crippen LogP contribution in [0.25, 0.3) is 0 Å². The van der Waals surface area contributed by atoms with Crippen molar-refractivity contribution >= 4 is 12.0 Å². The maximum absolute atomic E-state index is 4.19. The molecule has 1 heterocycles.